The van der Waals surface area contributed by atoms with Gasteiger partial charge in [-0.2, -0.15) is 0 Å². The van der Waals surface area contributed by atoms with Crippen LogP contribution >= 0.6 is 0 Å². The van der Waals surface area contributed by atoms with E-state index in [1.165, 1.54) is 30.0 Å². The minimum absolute atomic E-state index is 0.0198. The molecule has 0 saturated carbocycles. The molecule has 2 amide bonds. The van der Waals surface area contributed by atoms with Crippen LogP contribution in [-0.4, -0.2) is 45.8 Å². The van der Waals surface area contributed by atoms with Crippen LogP contribution in [0.2, 0.25) is 0 Å². The lowest BCUT2D eigenvalue weighted by Gasteiger charge is -2.33. The number of anilines is 2. The third kappa shape index (κ3) is 4.01. The molecule has 1 N–H and O–H groups in total. The maximum absolute atomic E-state index is 12.9. The van der Waals surface area contributed by atoms with Gasteiger partial charge >= 0.3 is 5.69 Å². The molecule has 3 heterocycles. The zero-order chi connectivity index (χ0) is 23.7. The highest BCUT2D eigenvalue weighted by Crippen LogP contribution is 2.38. The number of nitrogens with one attached hydrogen (secondary N) is 1. The van der Waals surface area contributed by atoms with Gasteiger partial charge in [-0.1, -0.05) is 42.5 Å². The molecule has 2 aliphatic heterocycles. The Morgan fingerprint density at radius 1 is 1.00 bits per heavy atom. The van der Waals surface area contributed by atoms with Crippen molar-refractivity contribution in [1.29, 1.82) is 0 Å². The van der Waals surface area contributed by atoms with E-state index in [0.29, 0.717) is 0 Å². The first-order valence-corrected chi connectivity index (χ1v) is 11.2. The quantitative estimate of drug-likeness (QED) is 0.340. The summed E-state index contributed by atoms with van der Waals surface area (Å²) in [4.78, 5) is 44.5. The number of nitrogens with zero attached hydrogens (tertiary/aromatic N) is 4. The highest BCUT2D eigenvalue weighted by Gasteiger charge is 2.41. The predicted octanol–water partition coefficient (Wildman–Crippen LogP) is 3.87. The Balaban J connectivity index is 1.40. The van der Waals surface area contributed by atoms with Gasteiger partial charge in [-0.05, 0) is 43.1 Å². The molecule has 0 unspecified atom stereocenters. The Morgan fingerprint density at radius 3 is 2.35 bits per heavy atom. The third-order valence-corrected chi connectivity index (χ3v) is 6.21. The molecule has 9 nitrogen and oxygen atoms in total. The van der Waals surface area contributed by atoms with Crippen molar-refractivity contribution in [3.05, 3.63) is 93.7 Å². The van der Waals surface area contributed by atoms with E-state index in [-0.39, 0.29) is 34.4 Å². The first kappa shape index (κ1) is 21.7. The van der Waals surface area contributed by atoms with Gasteiger partial charge in [-0.3, -0.25) is 24.6 Å². The largest absolute Gasteiger partial charge is 0.375 e. The Hall–Kier alpha value is -4.11. The Bertz CT molecular complexity index is 1230. The number of nitro groups is 1. The SMILES string of the molecule is O=C1c2ccccc2C(=O)N1c1nccc(N[C@@H]2CCCN(Cc3ccccc3)C2)c1[N+](=O)[O-]. The molecule has 34 heavy (non-hydrogen) atoms. The van der Waals surface area contributed by atoms with E-state index in [4.69, 9.17) is 0 Å². The van der Waals surface area contributed by atoms with Crippen LogP contribution in [0.4, 0.5) is 17.2 Å². The number of likely N-dealkylation sites (tertiary alicyclic amines) is 1. The summed E-state index contributed by atoms with van der Waals surface area (Å²) in [5.41, 5.74) is 1.51. The van der Waals surface area contributed by atoms with E-state index < -0.39 is 16.7 Å². The van der Waals surface area contributed by atoms with E-state index in [2.05, 4.69) is 27.3 Å². The number of imide groups is 1. The average Bonchev–Trinajstić information content (AvgIpc) is 3.10. The van der Waals surface area contributed by atoms with Crippen molar-refractivity contribution in [3.8, 4) is 0 Å². The third-order valence-electron chi connectivity index (χ3n) is 6.21. The molecule has 1 aromatic heterocycles. The second kappa shape index (κ2) is 9.03. The number of amides is 2. The Morgan fingerprint density at radius 2 is 1.68 bits per heavy atom. The molecule has 1 saturated heterocycles. The number of fused-ring (bicyclic) bond motifs is 1. The highest BCUT2D eigenvalue weighted by atomic mass is 16.6. The zero-order valence-electron chi connectivity index (χ0n) is 18.4. The van der Waals surface area contributed by atoms with Crippen molar-refractivity contribution in [2.75, 3.05) is 23.3 Å². The van der Waals surface area contributed by atoms with Gasteiger partial charge in [0.25, 0.3) is 11.8 Å². The molecule has 0 bridgehead atoms. The monoisotopic (exact) mass is 457 g/mol. The molecule has 1 atom stereocenters. The molecule has 2 aromatic carbocycles. The molecule has 2 aliphatic rings. The van der Waals surface area contributed by atoms with Crippen LogP contribution in [-0.2, 0) is 6.54 Å². The molecule has 5 rings (SSSR count). The number of piperidine rings is 1. The normalized spacial score (nSPS) is 18.1. The Kier molecular flexibility index (Phi) is 5.77. The summed E-state index contributed by atoms with van der Waals surface area (Å²) in [5.74, 6) is -1.49. The summed E-state index contributed by atoms with van der Waals surface area (Å²) < 4.78 is 0. The van der Waals surface area contributed by atoms with Gasteiger partial charge in [0.1, 0.15) is 5.69 Å². The van der Waals surface area contributed by atoms with Crippen LogP contribution in [0, 0.1) is 10.1 Å². The lowest BCUT2D eigenvalue weighted by atomic mass is 10.0. The average molecular weight is 457 g/mol. The topological polar surface area (TPSA) is 109 Å². The van der Waals surface area contributed by atoms with Gasteiger partial charge in [-0.25, -0.2) is 9.88 Å². The predicted molar refractivity (Wildman–Crippen MR) is 127 cm³/mol. The van der Waals surface area contributed by atoms with Crippen LogP contribution in [0.15, 0.2) is 66.9 Å². The first-order chi connectivity index (χ1) is 16.5. The standard InChI is InChI=1S/C25H23N5O4/c31-24-19-10-4-5-11-20(19)25(32)29(24)23-22(30(33)34)21(12-13-26-23)27-18-9-6-14-28(16-18)15-17-7-2-1-3-8-17/h1-5,7-8,10-13,18H,6,9,14-16H2,(H,26,27)/t18-/m1/s1. The minimum atomic E-state index is -0.611. The molecular weight excluding hydrogens is 434 g/mol. The minimum Gasteiger partial charge on any atom is -0.375 e. The van der Waals surface area contributed by atoms with Crippen LogP contribution in [0.5, 0.6) is 0 Å². The second-order valence-corrected chi connectivity index (χ2v) is 8.48. The van der Waals surface area contributed by atoms with Crippen LogP contribution in [0.1, 0.15) is 39.1 Å². The fourth-order valence-electron chi connectivity index (χ4n) is 4.66. The van der Waals surface area contributed by atoms with Gasteiger partial charge < -0.3 is 5.32 Å². The molecule has 0 spiro atoms. The molecule has 172 valence electrons. The molecule has 3 aromatic rings. The van der Waals surface area contributed by atoms with Gasteiger partial charge in [0.05, 0.1) is 16.1 Å². The maximum atomic E-state index is 12.9. The van der Waals surface area contributed by atoms with Crippen molar-refractivity contribution < 1.29 is 14.5 Å². The number of rotatable bonds is 6. The first-order valence-electron chi connectivity index (χ1n) is 11.2. The number of hydrogen-bond acceptors (Lipinski definition) is 7. The van der Waals surface area contributed by atoms with Crippen LogP contribution in [0.3, 0.4) is 0 Å². The van der Waals surface area contributed by atoms with E-state index in [9.17, 15) is 19.7 Å². The lowest BCUT2D eigenvalue weighted by Crippen LogP contribution is -2.41. The lowest BCUT2D eigenvalue weighted by molar-refractivity contribution is -0.383. The van der Waals surface area contributed by atoms with Crippen molar-refractivity contribution in [2.45, 2.75) is 25.4 Å². The van der Waals surface area contributed by atoms with Crippen molar-refractivity contribution in [2.24, 2.45) is 0 Å². The fraction of sp³-hybridized carbons (Fsp3) is 0.240. The second-order valence-electron chi connectivity index (χ2n) is 8.48. The maximum Gasteiger partial charge on any atom is 0.335 e. The van der Waals surface area contributed by atoms with Gasteiger partial charge in [0, 0.05) is 25.3 Å². The van der Waals surface area contributed by atoms with Crippen molar-refractivity contribution in [3.63, 3.8) is 0 Å². The number of aromatic nitrogens is 1. The summed E-state index contributed by atoms with van der Waals surface area (Å²) >= 11 is 0. The summed E-state index contributed by atoms with van der Waals surface area (Å²) in [6.45, 7) is 2.47. The summed E-state index contributed by atoms with van der Waals surface area (Å²) in [7, 11) is 0. The van der Waals surface area contributed by atoms with E-state index >= 15 is 0 Å². The number of carbonyl (C=O) groups is 2. The van der Waals surface area contributed by atoms with Gasteiger partial charge in [0.15, 0.2) is 0 Å². The molecule has 0 aliphatic carbocycles. The van der Waals surface area contributed by atoms with Crippen molar-refractivity contribution >= 4 is 29.0 Å². The molecule has 9 heteroatoms. The summed E-state index contributed by atoms with van der Waals surface area (Å²) in [5, 5.41) is 15.4. The van der Waals surface area contributed by atoms with E-state index in [1.807, 2.05) is 18.2 Å². The molecule has 0 radical (unpaired) electrons. The van der Waals surface area contributed by atoms with E-state index in [1.54, 1.807) is 12.1 Å². The van der Waals surface area contributed by atoms with Crippen LogP contribution < -0.4 is 10.2 Å². The summed E-state index contributed by atoms with van der Waals surface area (Å²) in [6, 6.07) is 18.0. The smallest absolute Gasteiger partial charge is 0.335 e. The molecular formula is C25H23N5O4. The van der Waals surface area contributed by atoms with Gasteiger partial charge in [-0.15, -0.1) is 0 Å². The van der Waals surface area contributed by atoms with Crippen LogP contribution in [0.25, 0.3) is 0 Å². The highest BCUT2D eigenvalue weighted by molar-refractivity contribution is 6.34. The Labute approximate surface area is 196 Å². The number of pyridine rings is 1. The number of carbonyl (C=O) groups excluding carboxylic acids is 2. The molecule has 1 fully saturated rings. The van der Waals surface area contributed by atoms with Crippen molar-refractivity contribution in [1.82, 2.24) is 9.88 Å². The number of benzene rings is 2. The van der Waals surface area contributed by atoms with E-state index in [0.717, 1.165) is 37.4 Å². The fourth-order valence-corrected chi connectivity index (χ4v) is 4.66. The number of hydrogen-bond donors (Lipinski definition) is 1. The van der Waals surface area contributed by atoms with Gasteiger partial charge in [0.2, 0.25) is 5.82 Å². The summed E-state index contributed by atoms with van der Waals surface area (Å²) in [6.07, 6.45) is 3.19. The zero-order valence-corrected chi connectivity index (χ0v) is 18.4.